The summed E-state index contributed by atoms with van der Waals surface area (Å²) in [6, 6.07) is 18.1. The van der Waals surface area contributed by atoms with E-state index in [9.17, 15) is 4.21 Å². The first kappa shape index (κ1) is 12.2. The molecule has 2 aromatic carbocycles. The summed E-state index contributed by atoms with van der Waals surface area (Å²) < 4.78 is 14.3. The van der Waals surface area contributed by atoms with Gasteiger partial charge in [0, 0.05) is 11.6 Å². The lowest BCUT2D eigenvalue weighted by Gasteiger charge is -2.06. The van der Waals surface area contributed by atoms with Crippen LogP contribution in [0.15, 0.2) is 60.8 Å². The van der Waals surface area contributed by atoms with Crippen LogP contribution in [0.25, 0.3) is 10.9 Å². The van der Waals surface area contributed by atoms with Crippen LogP contribution < -0.4 is 0 Å². The lowest BCUT2D eigenvalue weighted by atomic mass is 10.1. The quantitative estimate of drug-likeness (QED) is 0.711. The Balaban J connectivity index is 1.96. The highest BCUT2D eigenvalue weighted by molar-refractivity contribution is 7.82. The second-order valence-corrected chi connectivity index (χ2v) is 5.93. The van der Waals surface area contributed by atoms with Gasteiger partial charge in [0.2, 0.25) is 0 Å². The molecule has 0 N–H and O–H groups in total. The van der Waals surface area contributed by atoms with Crippen LogP contribution in [-0.2, 0) is 16.7 Å². The van der Waals surface area contributed by atoms with E-state index in [1.54, 1.807) is 0 Å². The predicted molar refractivity (Wildman–Crippen MR) is 80.4 cm³/mol. The zero-order valence-electron chi connectivity index (χ0n) is 10.7. The zero-order chi connectivity index (χ0) is 13.2. The van der Waals surface area contributed by atoms with E-state index in [0.29, 0.717) is 5.75 Å². The topological polar surface area (TPSA) is 22.0 Å². The van der Waals surface area contributed by atoms with Gasteiger partial charge in [-0.3, -0.25) is 3.97 Å². The molecule has 0 amide bonds. The van der Waals surface area contributed by atoms with Gasteiger partial charge in [0.15, 0.2) is 0 Å². The molecule has 3 heteroatoms. The van der Waals surface area contributed by atoms with E-state index in [0.717, 1.165) is 11.1 Å². The van der Waals surface area contributed by atoms with Gasteiger partial charge in [0.1, 0.15) is 11.0 Å². The average Bonchev–Trinajstić information content (AvgIpc) is 2.85. The zero-order valence-corrected chi connectivity index (χ0v) is 11.6. The Morgan fingerprint density at radius 2 is 1.79 bits per heavy atom. The smallest absolute Gasteiger partial charge is 0.128 e. The SMILES string of the molecule is Cc1cccc2c1ccn2S(=O)Cc1ccccc1. The Morgan fingerprint density at radius 1 is 1.00 bits per heavy atom. The molecular weight excluding hydrogens is 254 g/mol. The summed E-state index contributed by atoms with van der Waals surface area (Å²) in [6.45, 7) is 2.08. The molecule has 3 aromatic rings. The number of aryl methyl sites for hydroxylation is 1. The Hall–Kier alpha value is -1.87. The van der Waals surface area contributed by atoms with Crippen molar-refractivity contribution in [2.24, 2.45) is 0 Å². The van der Waals surface area contributed by atoms with Crippen LogP contribution in [0.3, 0.4) is 0 Å². The normalized spacial score (nSPS) is 12.7. The maximum Gasteiger partial charge on any atom is 0.128 e. The summed E-state index contributed by atoms with van der Waals surface area (Å²) in [6.07, 6.45) is 1.91. The van der Waals surface area contributed by atoms with Crippen molar-refractivity contribution >= 4 is 21.9 Å². The summed E-state index contributed by atoms with van der Waals surface area (Å²) in [5, 5.41) is 1.17. The molecule has 0 fully saturated rings. The number of nitrogens with zero attached hydrogens (tertiary/aromatic N) is 1. The monoisotopic (exact) mass is 269 g/mol. The first-order valence-corrected chi connectivity index (χ1v) is 7.53. The van der Waals surface area contributed by atoms with Gasteiger partial charge in [-0.15, -0.1) is 0 Å². The lowest BCUT2D eigenvalue weighted by Crippen LogP contribution is -2.05. The molecule has 1 unspecified atom stereocenters. The van der Waals surface area contributed by atoms with Crippen molar-refractivity contribution in [2.75, 3.05) is 0 Å². The molecule has 0 spiro atoms. The van der Waals surface area contributed by atoms with E-state index >= 15 is 0 Å². The summed E-state index contributed by atoms with van der Waals surface area (Å²) in [7, 11) is -1.07. The van der Waals surface area contributed by atoms with Crippen LogP contribution in [0.2, 0.25) is 0 Å². The fraction of sp³-hybridized carbons (Fsp3) is 0.125. The second-order valence-electron chi connectivity index (χ2n) is 4.60. The fourth-order valence-corrected chi connectivity index (χ4v) is 3.45. The predicted octanol–water partition coefficient (Wildman–Crippen LogP) is 3.66. The number of benzene rings is 2. The highest BCUT2D eigenvalue weighted by Gasteiger charge is 2.09. The number of hydrogen-bond donors (Lipinski definition) is 0. The maximum atomic E-state index is 12.5. The van der Waals surface area contributed by atoms with Gasteiger partial charge in [-0.1, -0.05) is 42.5 Å². The molecule has 3 rings (SSSR count). The molecule has 1 aromatic heterocycles. The fourth-order valence-electron chi connectivity index (χ4n) is 2.26. The number of rotatable bonds is 3. The maximum absolute atomic E-state index is 12.5. The van der Waals surface area contributed by atoms with Crippen LogP contribution in [0, 0.1) is 6.92 Å². The molecule has 0 radical (unpaired) electrons. The molecule has 1 atom stereocenters. The summed E-state index contributed by atoms with van der Waals surface area (Å²) in [5.74, 6) is 0.540. The molecule has 1 heterocycles. The first-order valence-electron chi connectivity index (χ1n) is 6.25. The molecule has 0 aliphatic rings. The van der Waals surface area contributed by atoms with E-state index in [1.807, 2.05) is 58.7 Å². The van der Waals surface area contributed by atoms with Crippen LogP contribution in [0.4, 0.5) is 0 Å². The van der Waals surface area contributed by atoms with E-state index in [2.05, 4.69) is 13.0 Å². The van der Waals surface area contributed by atoms with Crippen molar-refractivity contribution in [3.8, 4) is 0 Å². The summed E-state index contributed by atoms with van der Waals surface area (Å²) >= 11 is 0. The molecule has 2 nitrogen and oxygen atoms in total. The van der Waals surface area contributed by atoms with Gasteiger partial charge in [-0.05, 0) is 30.2 Å². The Morgan fingerprint density at radius 3 is 2.58 bits per heavy atom. The number of aromatic nitrogens is 1. The van der Waals surface area contributed by atoms with Gasteiger partial charge < -0.3 is 0 Å². The first-order chi connectivity index (χ1) is 9.25. The van der Waals surface area contributed by atoms with Crippen LogP contribution in [0.5, 0.6) is 0 Å². The van der Waals surface area contributed by atoms with E-state index in [-0.39, 0.29) is 0 Å². The molecule has 0 aliphatic carbocycles. The summed E-state index contributed by atoms with van der Waals surface area (Å²) in [4.78, 5) is 0. The van der Waals surface area contributed by atoms with Crippen molar-refractivity contribution < 1.29 is 4.21 Å². The van der Waals surface area contributed by atoms with Crippen molar-refractivity contribution in [3.63, 3.8) is 0 Å². The van der Waals surface area contributed by atoms with E-state index in [4.69, 9.17) is 0 Å². The highest BCUT2D eigenvalue weighted by atomic mass is 32.2. The van der Waals surface area contributed by atoms with Crippen molar-refractivity contribution in [3.05, 3.63) is 71.9 Å². The van der Waals surface area contributed by atoms with Crippen LogP contribution in [-0.4, -0.2) is 8.18 Å². The Kier molecular flexibility index (Phi) is 3.22. The summed E-state index contributed by atoms with van der Waals surface area (Å²) in [5.41, 5.74) is 3.34. The standard InChI is InChI=1S/C16H15NOS/c1-13-6-5-9-16-15(13)10-11-17(16)19(18)12-14-7-3-2-4-8-14/h2-11H,12H2,1H3. The largest absolute Gasteiger partial charge is 0.266 e. The average molecular weight is 269 g/mol. The number of hydrogen-bond acceptors (Lipinski definition) is 1. The van der Waals surface area contributed by atoms with E-state index < -0.39 is 11.0 Å². The lowest BCUT2D eigenvalue weighted by molar-refractivity contribution is 0.678. The van der Waals surface area contributed by atoms with Gasteiger partial charge in [-0.2, -0.15) is 0 Å². The van der Waals surface area contributed by atoms with Crippen LogP contribution >= 0.6 is 0 Å². The van der Waals surface area contributed by atoms with Gasteiger partial charge in [-0.25, -0.2) is 4.21 Å². The van der Waals surface area contributed by atoms with Crippen LogP contribution in [0.1, 0.15) is 11.1 Å². The third-order valence-electron chi connectivity index (χ3n) is 3.27. The minimum atomic E-state index is -1.07. The Bertz CT molecular complexity index is 731. The second kappa shape index (κ2) is 5.02. The Labute approximate surface area is 115 Å². The molecule has 0 saturated carbocycles. The molecule has 0 saturated heterocycles. The van der Waals surface area contributed by atoms with Gasteiger partial charge in [0.05, 0.1) is 11.3 Å². The molecule has 96 valence electrons. The molecular formula is C16H15NOS. The van der Waals surface area contributed by atoms with Crippen molar-refractivity contribution in [2.45, 2.75) is 12.7 Å². The minimum absolute atomic E-state index is 0.540. The molecule has 0 aliphatic heterocycles. The van der Waals surface area contributed by atoms with E-state index in [1.165, 1.54) is 10.9 Å². The van der Waals surface area contributed by atoms with Crippen molar-refractivity contribution in [1.29, 1.82) is 0 Å². The molecule has 19 heavy (non-hydrogen) atoms. The third-order valence-corrected chi connectivity index (χ3v) is 4.60. The number of fused-ring (bicyclic) bond motifs is 1. The molecule has 0 bridgehead atoms. The minimum Gasteiger partial charge on any atom is -0.266 e. The van der Waals surface area contributed by atoms with Crippen molar-refractivity contribution in [1.82, 2.24) is 3.97 Å². The third kappa shape index (κ3) is 2.34. The van der Waals surface area contributed by atoms with Gasteiger partial charge in [0.25, 0.3) is 0 Å². The van der Waals surface area contributed by atoms with Gasteiger partial charge >= 0.3 is 0 Å². The highest BCUT2D eigenvalue weighted by Crippen LogP contribution is 2.21.